The molecule has 4 N–H and O–H groups in total. The van der Waals surface area contributed by atoms with Gasteiger partial charge in [0.05, 0.1) is 12.5 Å². The highest BCUT2D eigenvalue weighted by atomic mass is 16.5. The van der Waals surface area contributed by atoms with Crippen LogP contribution in [0.4, 0.5) is 0 Å². The molecule has 6 unspecified atom stereocenters. The van der Waals surface area contributed by atoms with Crippen LogP contribution in [-0.4, -0.2) is 69.1 Å². The number of amides is 1. The first-order chi connectivity index (χ1) is 19.2. The van der Waals surface area contributed by atoms with Crippen molar-refractivity contribution in [2.24, 2.45) is 34.5 Å². The van der Waals surface area contributed by atoms with Gasteiger partial charge in [0.15, 0.2) is 12.4 Å². The predicted octanol–water partition coefficient (Wildman–Crippen LogP) is 2.50. The molecular weight excluding hydrogens is 530 g/mol. The van der Waals surface area contributed by atoms with Crippen LogP contribution >= 0.6 is 0 Å². The van der Waals surface area contributed by atoms with Crippen LogP contribution in [0.5, 0.6) is 0 Å². The number of carboxylic acid groups (broad SMARTS) is 1. The van der Waals surface area contributed by atoms with E-state index in [1.165, 1.54) is 0 Å². The highest BCUT2D eigenvalue weighted by Gasteiger charge is 2.68. The molecule has 4 aliphatic carbocycles. The quantitative estimate of drug-likeness (QED) is 0.287. The lowest BCUT2D eigenvalue weighted by atomic mass is 9.46. The number of aliphatic hydroxyl groups excluding tert-OH is 1. The van der Waals surface area contributed by atoms with Crippen LogP contribution in [-0.2, 0) is 28.7 Å². The molecular formula is C31H43NO9. The van der Waals surface area contributed by atoms with Crippen LogP contribution in [0, 0.1) is 34.5 Å². The number of aliphatic carboxylic acids is 1. The van der Waals surface area contributed by atoms with E-state index in [-0.39, 0.29) is 55.1 Å². The first-order valence-electron chi connectivity index (χ1n) is 14.7. The minimum absolute atomic E-state index is 0.0265. The van der Waals surface area contributed by atoms with E-state index in [1.54, 1.807) is 19.1 Å². The standard InChI is InChI=1S/C31H43NO9/c1-5-17(2)27(28(38)39)32-24(36)8-9-25(37)41-16-23(35)31(40)13-11-21-20-7-6-18-14-19(33)10-12-29(18,3)26(20)22(34)15-30(21,31)4/h10,12,14,17,20-22,26-27,34,40H,5-9,11,13,15-16H2,1-4H3,(H,32,36)(H,38,39)/t17?,20?,21?,22?,26?,27?,29-,30-,31-/m0/s1. The lowest BCUT2D eigenvalue weighted by Gasteiger charge is -2.59. The van der Waals surface area contributed by atoms with Crippen LogP contribution in [0.1, 0.15) is 79.1 Å². The summed E-state index contributed by atoms with van der Waals surface area (Å²) in [6.07, 6.45) is 6.76. The Kier molecular flexibility index (Phi) is 8.67. The number of rotatable bonds is 10. The number of carbonyl (C=O) groups excluding carboxylic acids is 4. The molecule has 226 valence electrons. The third kappa shape index (κ3) is 5.41. The third-order valence-corrected chi connectivity index (χ3v) is 10.8. The maximum absolute atomic E-state index is 13.4. The highest BCUT2D eigenvalue weighted by Crippen LogP contribution is 2.67. The second-order valence-corrected chi connectivity index (χ2v) is 13.0. The molecule has 3 fully saturated rings. The molecule has 0 aromatic carbocycles. The zero-order valence-electron chi connectivity index (χ0n) is 24.4. The fourth-order valence-electron chi connectivity index (χ4n) is 8.27. The molecule has 0 heterocycles. The van der Waals surface area contributed by atoms with Gasteiger partial charge in [0.2, 0.25) is 11.7 Å². The average Bonchev–Trinajstić information content (AvgIpc) is 3.19. The van der Waals surface area contributed by atoms with E-state index in [0.717, 1.165) is 18.4 Å². The Labute approximate surface area is 240 Å². The van der Waals surface area contributed by atoms with Crippen molar-refractivity contribution in [3.05, 3.63) is 23.8 Å². The molecule has 0 radical (unpaired) electrons. The van der Waals surface area contributed by atoms with Crippen molar-refractivity contribution in [3.8, 4) is 0 Å². The SMILES string of the molecule is CCC(C)C(NC(=O)CCC(=O)OCC(=O)[C@@]1(O)CCC2C3CCC4=CC(=O)C=C[C@]4(C)C3C(O)C[C@@]21C)C(=O)O. The molecule has 10 nitrogen and oxygen atoms in total. The van der Waals surface area contributed by atoms with Crippen LogP contribution in [0.3, 0.4) is 0 Å². The Morgan fingerprint density at radius 1 is 1.17 bits per heavy atom. The van der Waals surface area contributed by atoms with Gasteiger partial charge >= 0.3 is 11.9 Å². The van der Waals surface area contributed by atoms with E-state index in [2.05, 4.69) is 12.2 Å². The van der Waals surface area contributed by atoms with E-state index in [0.29, 0.717) is 12.8 Å². The number of fused-ring (bicyclic) bond motifs is 5. The second kappa shape index (κ2) is 11.4. The summed E-state index contributed by atoms with van der Waals surface area (Å²) in [5.41, 5.74) is -2.12. The van der Waals surface area contributed by atoms with Crippen molar-refractivity contribution in [1.29, 1.82) is 0 Å². The van der Waals surface area contributed by atoms with E-state index >= 15 is 0 Å². The Hall–Kier alpha value is -2.85. The number of Topliss-reactive ketones (excluding diaryl/α,β-unsaturated/α-hetero) is 1. The maximum atomic E-state index is 13.4. The number of hydrogen-bond donors (Lipinski definition) is 4. The summed E-state index contributed by atoms with van der Waals surface area (Å²) in [7, 11) is 0. The molecule has 0 saturated heterocycles. The monoisotopic (exact) mass is 573 g/mol. The van der Waals surface area contributed by atoms with Gasteiger partial charge < -0.3 is 25.4 Å². The fraction of sp³-hybridized carbons (Fsp3) is 0.710. The van der Waals surface area contributed by atoms with Crippen LogP contribution in [0.2, 0.25) is 0 Å². The van der Waals surface area contributed by atoms with Crippen molar-refractivity contribution >= 4 is 29.4 Å². The fourth-order valence-corrected chi connectivity index (χ4v) is 8.27. The Bertz CT molecular complexity index is 1180. The van der Waals surface area contributed by atoms with Gasteiger partial charge in [0, 0.05) is 23.2 Å². The number of allylic oxidation sites excluding steroid dienone is 4. The zero-order valence-corrected chi connectivity index (χ0v) is 24.4. The number of aliphatic hydroxyl groups is 2. The molecule has 4 rings (SSSR count). The lowest BCUT2D eigenvalue weighted by Crippen LogP contribution is -2.61. The van der Waals surface area contributed by atoms with E-state index in [9.17, 15) is 39.3 Å². The molecule has 41 heavy (non-hydrogen) atoms. The van der Waals surface area contributed by atoms with Crippen LogP contribution < -0.4 is 5.32 Å². The summed E-state index contributed by atoms with van der Waals surface area (Å²) >= 11 is 0. The van der Waals surface area contributed by atoms with Crippen LogP contribution in [0.25, 0.3) is 0 Å². The molecule has 3 saturated carbocycles. The topological polar surface area (TPSA) is 167 Å². The van der Waals surface area contributed by atoms with Gasteiger partial charge in [-0.3, -0.25) is 19.2 Å². The van der Waals surface area contributed by atoms with Crippen LogP contribution in [0.15, 0.2) is 23.8 Å². The van der Waals surface area contributed by atoms with E-state index in [1.807, 2.05) is 19.9 Å². The van der Waals surface area contributed by atoms with Gasteiger partial charge in [-0.2, -0.15) is 0 Å². The zero-order chi connectivity index (χ0) is 30.3. The van der Waals surface area contributed by atoms with Crippen molar-refractivity contribution in [2.45, 2.75) is 96.8 Å². The first kappa shape index (κ1) is 31.1. The number of carbonyl (C=O) groups is 5. The van der Waals surface area contributed by atoms with Gasteiger partial charge in [-0.25, -0.2) is 4.79 Å². The summed E-state index contributed by atoms with van der Waals surface area (Å²) in [5, 5.41) is 35.0. The molecule has 9 atom stereocenters. The Balaban J connectivity index is 1.37. The summed E-state index contributed by atoms with van der Waals surface area (Å²) in [6.45, 7) is 6.78. The van der Waals surface area contributed by atoms with Crippen molar-refractivity contribution < 1.29 is 44.0 Å². The van der Waals surface area contributed by atoms with Gasteiger partial charge in [-0.05, 0) is 62.0 Å². The lowest BCUT2D eigenvalue weighted by molar-refractivity contribution is -0.181. The summed E-state index contributed by atoms with van der Waals surface area (Å²) in [4.78, 5) is 61.4. The predicted molar refractivity (Wildman–Crippen MR) is 147 cm³/mol. The molecule has 0 aromatic heterocycles. The third-order valence-electron chi connectivity index (χ3n) is 10.8. The number of carboxylic acids is 1. The normalized spacial score (nSPS) is 37.1. The molecule has 1 amide bonds. The molecule has 0 bridgehead atoms. The molecule has 4 aliphatic rings. The van der Waals surface area contributed by atoms with Gasteiger partial charge in [-0.1, -0.05) is 45.8 Å². The Morgan fingerprint density at radius 3 is 2.54 bits per heavy atom. The first-order valence-corrected chi connectivity index (χ1v) is 14.7. The van der Waals surface area contributed by atoms with Gasteiger partial charge in [-0.15, -0.1) is 0 Å². The molecule has 0 aromatic rings. The summed E-state index contributed by atoms with van der Waals surface area (Å²) < 4.78 is 5.15. The van der Waals surface area contributed by atoms with Gasteiger partial charge in [0.25, 0.3) is 0 Å². The molecule has 0 spiro atoms. The van der Waals surface area contributed by atoms with Crippen molar-refractivity contribution in [1.82, 2.24) is 5.32 Å². The number of hydrogen-bond acceptors (Lipinski definition) is 8. The van der Waals surface area contributed by atoms with E-state index in [4.69, 9.17) is 4.74 Å². The summed E-state index contributed by atoms with van der Waals surface area (Å²) in [6, 6.07) is -1.06. The smallest absolute Gasteiger partial charge is 0.326 e. The second-order valence-electron chi connectivity index (χ2n) is 13.0. The number of ketones is 2. The van der Waals surface area contributed by atoms with E-state index < -0.39 is 58.8 Å². The van der Waals surface area contributed by atoms with Gasteiger partial charge in [0.1, 0.15) is 11.6 Å². The maximum Gasteiger partial charge on any atom is 0.326 e. The van der Waals surface area contributed by atoms with Crippen molar-refractivity contribution in [2.75, 3.05) is 6.61 Å². The number of nitrogens with one attached hydrogen (secondary N) is 1. The van der Waals surface area contributed by atoms with Crippen molar-refractivity contribution in [3.63, 3.8) is 0 Å². The summed E-state index contributed by atoms with van der Waals surface area (Å²) in [5.74, 6) is -3.61. The average molecular weight is 574 g/mol. The number of esters is 1. The minimum atomic E-state index is -1.78. The Morgan fingerprint density at radius 2 is 1.88 bits per heavy atom. The largest absolute Gasteiger partial charge is 0.480 e. The highest BCUT2D eigenvalue weighted by molar-refractivity contribution is 6.01. The molecule has 0 aliphatic heterocycles. The molecule has 10 heteroatoms. The minimum Gasteiger partial charge on any atom is -0.480 e. The number of ether oxygens (including phenoxy) is 1.